The summed E-state index contributed by atoms with van der Waals surface area (Å²) in [6.45, 7) is 1.60. The van der Waals surface area contributed by atoms with Gasteiger partial charge >= 0.3 is 0 Å². The molecule has 0 saturated carbocycles. The number of hydrogen-bond acceptors (Lipinski definition) is 3. The van der Waals surface area contributed by atoms with Crippen molar-refractivity contribution in [2.45, 2.75) is 13.0 Å². The van der Waals surface area contributed by atoms with E-state index >= 15 is 0 Å². The van der Waals surface area contributed by atoms with Crippen molar-refractivity contribution in [3.05, 3.63) is 33.8 Å². The molecule has 1 aromatic carbocycles. The fraction of sp³-hybridized carbons (Fsp3) is 0.273. The predicted molar refractivity (Wildman–Crippen MR) is 66.4 cm³/mol. The number of halogens is 1. The SMILES string of the molecule is Cc1ccc(Br)cc1C(=O)NCC(O)C(N)=O. The summed E-state index contributed by atoms with van der Waals surface area (Å²) in [5.41, 5.74) is 6.15. The first-order valence-electron chi connectivity index (χ1n) is 4.93. The average Bonchev–Trinajstić information content (AvgIpc) is 2.28. The van der Waals surface area contributed by atoms with Crippen LogP contribution in [0.3, 0.4) is 0 Å². The molecule has 1 rings (SSSR count). The van der Waals surface area contributed by atoms with Gasteiger partial charge in [-0.25, -0.2) is 0 Å². The standard InChI is InChI=1S/C11H13BrN2O3/c1-6-2-3-7(12)4-8(6)11(17)14-5-9(15)10(13)16/h2-4,9,15H,5H2,1H3,(H2,13,16)(H,14,17). The van der Waals surface area contributed by atoms with Crippen LogP contribution in [-0.2, 0) is 4.79 Å². The smallest absolute Gasteiger partial charge is 0.251 e. The summed E-state index contributed by atoms with van der Waals surface area (Å²) < 4.78 is 0.781. The number of amides is 2. The quantitative estimate of drug-likeness (QED) is 0.748. The minimum Gasteiger partial charge on any atom is -0.381 e. The summed E-state index contributed by atoms with van der Waals surface area (Å²) in [6.07, 6.45) is -1.37. The molecular formula is C11H13BrN2O3. The van der Waals surface area contributed by atoms with Crippen molar-refractivity contribution in [3.8, 4) is 0 Å². The van der Waals surface area contributed by atoms with Crippen molar-refractivity contribution < 1.29 is 14.7 Å². The number of primary amides is 1. The van der Waals surface area contributed by atoms with Gasteiger partial charge in [-0.05, 0) is 24.6 Å². The number of carbonyl (C=O) groups is 2. The Morgan fingerprint density at radius 2 is 2.18 bits per heavy atom. The summed E-state index contributed by atoms with van der Waals surface area (Å²) in [5.74, 6) is -1.22. The highest BCUT2D eigenvalue weighted by Crippen LogP contribution is 2.15. The molecule has 0 spiro atoms. The Balaban J connectivity index is 2.70. The van der Waals surface area contributed by atoms with Crippen LogP contribution in [0.5, 0.6) is 0 Å². The number of hydrogen-bond donors (Lipinski definition) is 3. The molecule has 4 N–H and O–H groups in total. The fourth-order valence-electron chi connectivity index (χ4n) is 1.22. The summed E-state index contributed by atoms with van der Waals surface area (Å²) >= 11 is 3.26. The number of nitrogens with one attached hydrogen (secondary N) is 1. The zero-order chi connectivity index (χ0) is 13.0. The third-order valence-electron chi connectivity index (χ3n) is 2.23. The molecule has 0 saturated heterocycles. The van der Waals surface area contributed by atoms with Gasteiger partial charge in [-0.3, -0.25) is 9.59 Å². The number of carbonyl (C=O) groups excluding carboxylic acids is 2. The van der Waals surface area contributed by atoms with E-state index in [1.807, 2.05) is 6.07 Å². The van der Waals surface area contributed by atoms with Crippen molar-refractivity contribution in [2.75, 3.05) is 6.54 Å². The molecule has 1 atom stereocenters. The van der Waals surface area contributed by atoms with E-state index in [4.69, 9.17) is 10.8 Å². The molecule has 0 heterocycles. The van der Waals surface area contributed by atoms with Gasteiger partial charge in [0.05, 0.1) is 6.54 Å². The number of aliphatic hydroxyl groups excluding tert-OH is 1. The Morgan fingerprint density at radius 3 is 2.76 bits per heavy atom. The predicted octanol–water partition coefficient (Wildman–Crippen LogP) is 0.334. The van der Waals surface area contributed by atoms with Crippen molar-refractivity contribution in [1.82, 2.24) is 5.32 Å². The Bertz CT molecular complexity index is 448. The molecule has 6 heteroatoms. The van der Waals surface area contributed by atoms with E-state index < -0.39 is 12.0 Å². The zero-order valence-corrected chi connectivity index (χ0v) is 10.8. The van der Waals surface area contributed by atoms with Crippen molar-refractivity contribution >= 4 is 27.7 Å². The maximum atomic E-state index is 11.7. The highest BCUT2D eigenvalue weighted by Gasteiger charge is 2.14. The molecule has 17 heavy (non-hydrogen) atoms. The van der Waals surface area contributed by atoms with Gasteiger partial charge in [0, 0.05) is 10.0 Å². The Labute approximate surface area is 107 Å². The van der Waals surface area contributed by atoms with Gasteiger partial charge in [0.25, 0.3) is 5.91 Å². The number of aliphatic hydroxyl groups is 1. The van der Waals surface area contributed by atoms with Crippen LogP contribution in [0, 0.1) is 6.92 Å². The molecule has 0 radical (unpaired) electrons. The van der Waals surface area contributed by atoms with Gasteiger partial charge in [-0.15, -0.1) is 0 Å². The average molecular weight is 301 g/mol. The minimum absolute atomic E-state index is 0.194. The van der Waals surface area contributed by atoms with Gasteiger partial charge in [-0.2, -0.15) is 0 Å². The van der Waals surface area contributed by atoms with Crippen LogP contribution in [0.15, 0.2) is 22.7 Å². The Morgan fingerprint density at radius 1 is 1.53 bits per heavy atom. The summed E-state index contributed by atoms with van der Waals surface area (Å²) in [5, 5.41) is 11.6. The van der Waals surface area contributed by atoms with E-state index in [1.54, 1.807) is 19.1 Å². The van der Waals surface area contributed by atoms with E-state index in [-0.39, 0.29) is 12.5 Å². The van der Waals surface area contributed by atoms with E-state index in [0.29, 0.717) is 5.56 Å². The first-order valence-corrected chi connectivity index (χ1v) is 5.73. The second-order valence-electron chi connectivity index (χ2n) is 3.59. The lowest BCUT2D eigenvalue weighted by atomic mass is 10.1. The zero-order valence-electron chi connectivity index (χ0n) is 9.24. The minimum atomic E-state index is -1.37. The molecule has 0 aliphatic heterocycles. The Kier molecular flexibility index (Phi) is 4.65. The summed E-state index contributed by atoms with van der Waals surface area (Å²) in [4.78, 5) is 22.3. The van der Waals surface area contributed by atoms with Gasteiger partial charge < -0.3 is 16.2 Å². The molecule has 5 nitrogen and oxygen atoms in total. The number of rotatable bonds is 4. The van der Waals surface area contributed by atoms with Crippen LogP contribution < -0.4 is 11.1 Å². The van der Waals surface area contributed by atoms with Gasteiger partial charge in [0.15, 0.2) is 0 Å². The van der Waals surface area contributed by atoms with Crippen LogP contribution in [-0.4, -0.2) is 29.6 Å². The highest BCUT2D eigenvalue weighted by atomic mass is 79.9. The second-order valence-corrected chi connectivity index (χ2v) is 4.50. The van der Waals surface area contributed by atoms with E-state index in [0.717, 1.165) is 10.0 Å². The third-order valence-corrected chi connectivity index (χ3v) is 2.72. The van der Waals surface area contributed by atoms with Crippen LogP contribution in [0.1, 0.15) is 15.9 Å². The van der Waals surface area contributed by atoms with Gasteiger partial charge in [0.2, 0.25) is 5.91 Å². The molecule has 1 unspecified atom stereocenters. The largest absolute Gasteiger partial charge is 0.381 e. The van der Waals surface area contributed by atoms with E-state index in [2.05, 4.69) is 21.2 Å². The number of nitrogens with two attached hydrogens (primary N) is 1. The highest BCUT2D eigenvalue weighted by molar-refractivity contribution is 9.10. The van der Waals surface area contributed by atoms with Crippen LogP contribution in [0.25, 0.3) is 0 Å². The van der Waals surface area contributed by atoms with Gasteiger partial charge in [0.1, 0.15) is 6.10 Å². The Hall–Kier alpha value is -1.40. The molecule has 92 valence electrons. The molecule has 0 aliphatic carbocycles. The first-order chi connectivity index (χ1) is 7.91. The first kappa shape index (κ1) is 13.7. The van der Waals surface area contributed by atoms with Crippen LogP contribution >= 0.6 is 15.9 Å². The molecule has 0 aliphatic rings. The molecule has 1 aromatic rings. The fourth-order valence-corrected chi connectivity index (χ4v) is 1.59. The van der Waals surface area contributed by atoms with Crippen molar-refractivity contribution in [1.29, 1.82) is 0 Å². The monoisotopic (exact) mass is 300 g/mol. The normalized spacial score (nSPS) is 11.9. The second kappa shape index (κ2) is 5.79. The van der Waals surface area contributed by atoms with Crippen LogP contribution in [0.2, 0.25) is 0 Å². The maximum absolute atomic E-state index is 11.7. The van der Waals surface area contributed by atoms with Crippen molar-refractivity contribution in [3.63, 3.8) is 0 Å². The summed E-state index contributed by atoms with van der Waals surface area (Å²) in [6, 6.07) is 5.29. The number of benzene rings is 1. The van der Waals surface area contributed by atoms with E-state index in [9.17, 15) is 9.59 Å². The molecular weight excluding hydrogens is 288 g/mol. The van der Waals surface area contributed by atoms with Gasteiger partial charge in [-0.1, -0.05) is 22.0 Å². The lowest BCUT2D eigenvalue weighted by molar-refractivity contribution is -0.125. The van der Waals surface area contributed by atoms with E-state index in [1.165, 1.54) is 0 Å². The lowest BCUT2D eigenvalue weighted by Gasteiger charge is -2.10. The lowest BCUT2D eigenvalue weighted by Crippen LogP contribution is -2.40. The topological polar surface area (TPSA) is 92.4 Å². The maximum Gasteiger partial charge on any atom is 0.251 e. The summed E-state index contributed by atoms with van der Waals surface area (Å²) in [7, 11) is 0. The number of aryl methyl sites for hydroxylation is 1. The molecule has 0 bridgehead atoms. The third kappa shape index (κ3) is 3.83. The van der Waals surface area contributed by atoms with Crippen molar-refractivity contribution in [2.24, 2.45) is 5.73 Å². The molecule has 0 fully saturated rings. The molecule has 0 aromatic heterocycles. The molecule has 2 amide bonds. The van der Waals surface area contributed by atoms with Crippen LogP contribution in [0.4, 0.5) is 0 Å².